The number of halogens is 1. The van der Waals surface area contributed by atoms with Crippen molar-refractivity contribution < 1.29 is 4.79 Å². The number of benzene rings is 1. The van der Waals surface area contributed by atoms with Crippen molar-refractivity contribution in [1.82, 2.24) is 5.32 Å². The van der Waals surface area contributed by atoms with Crippen molar-refractivity contribution >= 4 is 33.6 Å². The van der Waals surface area contributed by atoms with E-state index in [2.05, 4.69) is 35.1 Å². The van der Waals surface area contributed by atoms with Crippen LogP contribution >= 0.6 is 27.7 Å². The van der Waals surface area contributed by atoms with Gasteiger partial charge < -0.3 is 5.32 Å². The Labute approximate surface area is 122 Å². The van der Waals surface area contributed by atoms with Gasteiger partial charge in [0.1, 0.15) is 0 Å². The van der Waals surface area contributed by atoms with Gasteiger partial charge in [-0.05, 0) is 42.5 Å². The minimum Gasteiger partial charge on any atom is -0.350 e. The highest BCUT2D eigenvalue weighted by Crippen LogP contribution is 2.09. The molecule has 0 bridgehead atoms. The fraction of sp³-hybridized carbons (Fsp3) is 0.500. The first kappa shape index (κ1) is 15.6. The summed E-state index contributed by atoms with van der Waals surface area (Å²) >= 11 is 5.30. The molecule has 1 N–H and O–H groups in total. The van der Waals surface area contributed by atoms with E-state index in [9.17, 15) is 4.79 Å². The molecule has 1 unspecified atom stereocenters. The van der Waals surface area contributed by atoms with Crippen LogP contribution < -0.4 is 5.32 Å². The number of rotatable bonds is 7. The van der Waals surface area contributed by atoms with E-state index in [1.807, 2.05) is 36.0 Å². The molecule has 18 heavy (non-hydrogen) atoms. The Morgan fingerprint density at radius 2 is 2.06 bits per heavy atom. The summed E-state index contributed by atoms with van der Waals surface area (Å²) in [7, 11) is 0. The topological polar surface area (TPSA) is 29.1 Å². The smallest absolute Gasteiger partial charge is 0.251 e. The van der Waals surface area contributed by atoms with E-state index >= 15 is 0 Å². The third-order valence-corrected chi connectivity index (χ3v) is 4.23. The van der Waals surface area contributed by atoms with E-state index in [1.165, 1.54) is 5.56 Å². The molecule has 0 saturated carbocycles. The number of carbonyl (C=O) groups is 1. The Kier molecular flexibility index (Phi) is 7.44. The molecule has 4 heteroatoms. The maximum absolute atomic E-state index is 12.0. The van der Waals surface area contributed by atoms with Gasteiger partial charge in [0.05, 0.1) is 0 Å². The summed E-state index contributed by atoms with van der Waals surface area (Å²) in [5, 5.41) is 3.85. The van der Waals surface area contributed by atoms with Crippen LogP contribution in [0.15, 0.2) is 24.3 Å². The van der Waals surface area contributed by atoms with Crippen LogP contribution in [-0.4, -0.2) is 23.5 Å². The number of thioether (sulfide) groups is 1. The van der Waals surface area contributed by atoms with Crippen molar-refractivity contribution in [3.8, 4) is 0 Å². The lowest BCUT2D eigenvalue weighted by Gasteiger charge is -2.13. The lowest BCUT2D eigenvalue weighted by Crippen LogP contribution is -2.32. The van der Waals surface area contributed by atoms with Gasteiger partial charge in [0.2, 0.25) is 0 Å². The van der Waals surface area contributed by atoms with Crippen LogP contribution in [0.3, 0.4) is 0 Å². The summed E-state index contributed by atoms with van der Waals surface area (Å²) < 4.78 is 0. The molecule has 0 spiro atoms. The summed E-state index contributed by atoms with van der Waals surface area (Å²) in [6, 6.07) is 7.92. The lowest BCUT2D eigenvalue weighted by atomic mass is 10.1. The van der Waals surface area contributed by atoms with E-state index < -0.39 is 0 Å². The van der Waals surface area contributed by atoms with Crippen molar-refractivity contribution in [2.75, 3.05) is 11.5 Å². The predicted molar refractivity (Wildman–Crippen MR) is 83.6 cm³/mol. The van der Waals surface area contributed by atoms with Gasteiger partial charge in [-0.15, -0.1) is 0 Å². The molecule has 0 fully saturated rings. The molecule has 0 heterocycles. The minimum absolute atomic E-state index is 0.0186. The van der Waals surface area contributed by atoms with E-state index in [1.54, 1.807) is 0 Å². The minimum atomic E-state index is 0.0186. The van der Waals surface area contributed by atoms with E-state index in [-0.39, 0.29) is 11.9 Å². The molecular formula is C14H20BrNOS. The lowest BCUT2D eigenvalue weighted by molar-refractivity contribution is 0.0939. The van der Waals surface area contributed by atoms with Gasteiger partial charge in [-0.1, -0.05) is 35.0 Å². The Hall–Kier alpha value is -0.480. The first-order chi connectivity index (χ1) is 8.67. The summed E-state index contributed by atoms with van der Waals surface area (Å²) in [6.07, 6.45) is 1.02. The van der Waals surface area contributed by atoms with Crippen LogP contribution in [0.4, 0.5) is 0 Å². The van der Waals surface area contributed by atoms with E-state index in [0.29, 0.717) is 0 Å². The van der Waals surface area contributed by atoms with Crippen molar-refractivity contribution in [2.24, 2.45) is 0 Å². The Balaban J connectivity index is 2.43. The van der Waals surface area contributed by atoms with Crippen LogP contribution in [0, 0.1) is 0 Å². The highest BCUT2D eigenvalue weighted by atomic mass is 79.9. The largest absolute Gasteiger partial charge is 0.350 e. The average molecular weight is 330 g/mol. The zero-order valence-corrected chi connectivity index (χ0v) is 13.3. The van der Waals surface area contributed by atoms with Crippen molar-refractivity contribution in [2.45, 2.75) is 31.6 Å². The first-order valence-corrected chi connectivity index (χ1v) is 8.48. The van der Waals surface area contributed by atoms with Crippen molar-refractivity contribution in [3.05, 3.63) is 35.4 Å². The second-order valence-corrected chi connectivity index (χ2v) is 6.15. The van der Waals surface area contributed by atoms with Crippen molar-refractivity contribution in [1.29, 1.82) is 0 Å². The molecule has 0 aliphatic heterocycles. The van der Waals surface area contributed by atoms with Crippen molar-refractivity contribution in [3.63, 3.8) is 0 Å². The van der Waals surface area contributed by atoms with Crippen LogP contribution in [0.1, 0.15) is 36.2 Å². The normalized spacial score (nSPS) is 12.2. The van der Waals surface area contributed by atoms with E-state index in [0.717, 1.165) is 28.8 Å². The van der Waals surface area contributed by atoms with Gasteiger partial charge in [0.15, 0.2) is 0 Å². The molecule has 1 atom stereocenters. The quantitative estimate of drug-likeness (QED) is 0.608. The molecule has 1 aromatic rings. The maximum Gasteiger partial charge on any atom is 0.251 e. The summed E-state index contributed by atoms with van der Waals surface area (Å²) in [5.74, 6) is 2.25. The number of carbonyl (C=O) groups excluding carboxylic acids is 1. The summed E-state index contributed by atoms with van der Waals surface area (Å²) in [4.78, 5) is 12.0. The number of nitrogens with one attached hydrogen (secondary N) is 1. The van der Waals surface area contributed by atoms with Gasteiger partial charge in [-0.3, -0.25) is 4.79 Å². The van der Waals surface area contributed by atoms with Gasteiger partial charge >= 0.3 is 0 Å². The molecule has 0 radical (unpaired) electrons. The Morgan fingerprint density at radius 3 is 2.61 bits per heavy atom. The molecule has 0 aromatic heterocycles. The average Bonchev–Trinajstić information content (AvgIpc) is 2.39. The monoisotopic (exact) mass is 329 g/mol. The zero-order valence-electron chi connectivity index (χ0n) is 10.9. The number of hydrogen-bond donors (Lipinski definition) is 1. The number of alkyl halides is 1. The molecule has 0 aliphatic carbocycles. The maximum atomic E-state index is 12.0. The standard InChI is InChI=1S/C14H20BrNOS/c1-3-18-9-8-11(2)16-14(17)13-6-4-12(10-15)5-7-13/h4-7,11H,3,8-10H2,1-2H3,(H,16,17). The summed E-state index contributed by atoms with van der Waals surface area (Å²) in [6.45, 7) is 4.21. The predicted octanol–water partition coefficient (Wildman–Crippen LogP) is 3.84. The van der Waals surface area contributed by atoms with Crippen LogP contribution in [-0.2, 0) is 5.33 Å². The number of amides is 1. The molecule has 2 nitrogen and oxygen atoms in total. The fourth-order valence-corrected chi connectivity index (χ4v) is 2.71. The Bertz CT molecular complexity index is 367. The molecule has 0 saturated heterocycles. The van der Waals surface area contributed by atoms with Gasteiger partial charge in [-0.2, -0.15) is 11.8 Å². The second-order valence-electron chi connectivity index (χ2n) is 4.19. The molecule has 100 valence electrons. The highest BCUT2D eigenvalue weighted by Gasteiger charge is 2.09. The third-order valence-electron chi connectivity index (χ3n) is 2.65. The Morgan fingerprint density at radius 1 is 1.39 bits per heavy atom. The fourth-order valence-electron chi connectivity index (χ4n) is 1.53. The zero-order chi connectivity index (χ0) is 13.4. The number of hydrogen-bond acceptors (Lipinski definition) is 2. The first-order valence-electron chi connectivity index (χ1n) is 6.21. The summed E-state index contributed by atoms with van der Waals surface area (Å²) in [5.41, 5.74) is 1.91. The molecule has 1 rings (SSSR count). The highest BCUT2D eigenvalue weighted by molar-refractivity contribution is 9.08. The van der Waals surface area contributed by atoms with Crippen LogP contribution in [0.25, 0.3) is 0 Å². The molecule has 0 aliphatic rings. The van der Waals surface area contributed by atoms with Gasteiger partial charge in [0.25, 0.3) is 5.91 Å². The van der Waals surface area contributed by atoms with Crippen LogP contribution in [0.2, 0.25) is 0 Å². The van der Waals surface area contributed by atoms with Gasteiger partial charge in [0, 0.05) is 16.9 Å². The van der Waals surface area contributed by atoms with Crippen LogP contribution in [0.5, 0.6) is 0 Å². The van der Waals surface area contributed by atoms with E-state index in [4.69, 9.17) is 0 Å². The molecular weight excluding hydrogens is 310 g/mol. The van der Waals surface area contributed by atoms with Gasteiger partial charge in [-0.25, -0.2) is 0 Å². The third kappa shape index (κ3) is 5.44. The molecule has 1 amide bonds. The second kappa shape index (κ2) is 8.59. The molecule has 1 aromatic carbocycles. The SMILES string of the molecule is CCSCCC(C)NC(=O)c1ccc(CBr)cc1.